The first-order valence-corrected chi connectivity index (χ1v) is 9.53. The van der Waals surface area contributed by atoms with Crippen molar-refractivity contribution >= 4 is 22.4 Å². The Morgan fingerprint density at radius 3 is 2.92 bits per heavy atom. The first-order chi connectivity index (χ1) is 12.8. The van der Waals surface area contributed by atoms with E-state index in [2.05, 4.69) is 51.2 Å². The van der Waals surface area contributed by atoms with Crippen LogP contribution in [0.25, 0.3) is 10.9 Å². The van der Waals surface area contributed by atoms with Gasteiger partial charge < -0.3 is 19.5 Å². The van der Waals surface area contributed by atoms with Crippen LogP contribution in [0.15, 0.2) is 42.6 Å². The van der Waals surface area contributed by atoms with Crippen molar-refractivity contribution in [1.29, 1.82) is 0 Å². The van der Waals surface area contributed by atoms with Gasteiger partial charge in [-0.15, -0.1) is 0 Å². The van der Waals surface area contributed by atoms with E-state index in [9.17, 15) is 0 Å². The molecule has 0 saturated carbocycles. The van der Waals surface area contributed by atoms with Crippen molar-refractivity contribution < 1.29 is 4.74 Å². The molecule has 0 unspecified atom stereocenters. The minimum atomic E-state index is 0.406. The molecule has 0 radical (unpaired) electrons. The van der Waals surface area contributed by atoms with Crippen LogP contribution in [0, 0.1) is 0 Å². The molecule has 6 rings (SSSR count). The average Bonchev–Trinajstić information content (AvgIpc) is 3.41. The largest absolute Gasteiger partial charge is 0.374 e. The maximum absolute atomic E-state index is 5.70. The molecule has 3 aromatic rings. The molecule has 2 aromatic heterocycles. The second kappa shape index (κ2) is 5.48. The van der Waals surface area contributed by atoms with E-state index < -0.39 is 0 Å². The fraction of sp³-hybridized carbons (Fsp3) is 0.381. The van der Waals surface area contributed by atoms with E-state index in [-0.39, 0.29) is 0 Å². The summed E-state index contributed by atoms with van der Waals surface area (Å²) < 4.78 is 5.70. The van der Waals surface area contributed by atoms with Crippen molar-refractivity contribution in [2.45, 2.75) is 31.5 Å². The molecule has 2 atom stereocenters. The van der Waals surface area contributed by atoms with Gasteiger partial charge in [0, 0.05) is 29.7 Å². The summed E-state index contributed by atoms with van der Waals surface area (Å²) in [6.07, 6.45) is 4.67. The Labute approximate surface area is 152 Å². The number of para-hydroxylation sites is 1. The first kappa shape index (κ1) is 14.6. The Balaban J connectivity index is 1.25. The van der Waals surface area contributed by atoms with Crippen LogP contribution in [0.2, 0.25) is 0 Å². The van der Waals surface area contributed by atoms with Crippen molar-refractivity contribution in [2.75, 3.05) is 29.5 Å². The first-order valence-electron chi connectivity index (χ1n) is 9.53. The van der Waals surface area contributed by atoms with Crippen LogP contribution in [0.5, 0.6) is 0 Å². The molecule has 1 aromatic carbocycles. The standard InChI is InChI=1S/C21H22N4O/c1-2-4-19-17(3-1)18-7-8-24(12-20(18)23-19)14-5-6-21(22-10-14)25-11-16-9-15(25)13-26-16/h1-6,10,15-16,23H,7-9,11-13H2/t15-,16-/m1/s1. The second-order valence-electron chi connectivity index (χ2n) is 7.67. The molecule has 5 heteroatoms. The summed E-state index contributed by atoms with van der Waals surface area (Å²) in [5.74, 6) is 1.09. The van der Waals surface area contributed by atoms with Gasteiger partial charge in [0.15, 0.2) is 0 Å². The van der Waals surface area contributed by atoms with Crippen LogP contribution >= 0.6 is 0 Å². The summed E-state index contributed by atoms with van der Waals surface area (Å²) in [4.78, 5) is 13.2. The summed E-state index contributed by atoms with van der Waals surface area (Å²) in [6.45, 7) is 3.80. The zero-order valence-corrected chi connectivity index (χ0v) is 14.7. The number of anilines is 2. The molecular formula is C21H22N4O. The predicted molar refractivity (Wildman–Crippen MR) is 103 cm³/mol. The molecule has 0 aliphatic carbocycles. The lowest BCUT2D eigenvalue weighted by molar-refractivity contribution is 0.0989. The molecule has 26 heavy (non-hydrogen) atoms. The fourth-order valence-electron chi connectivity index (χ4n) is 4.83. The van der Waals surface area contributed by atoms with Gasteiger partial charge >= 0.3 is 0 Å². The van der Waals surface area contributed by atoms with E-state index in [1.54, 1.807) is 0 Å². The van der Waals surface area contributed by atoms with Crippen LogP contribution < -0.4 is 9.80 Å². The third kappa shape index (κ3) is 2.16. The molecular weight excluding hydrogens is 324 g/mol. The van der Waals surface area contributed by atoms with Crippen molar-refractivity contribution in [3.63, 3.8) is 0 Å². The molecule has 5 heterocycles. The number of rotatable bonds is 2. The monoisotopic (exact) mass is 346 g/mol. The van der Waals surface area contributed by atoms with Gasteiger partial charge in [-0.3, -0.25) is 0 Å². The predicted octanol–water partition coefficient (Wildman–Crippen LogP) is 3.10. The van der Waals surface area contributed by atoms with Crippen LogP contribution in [0.3, 0.4) is 0 Å². The van der Waals surface area contributed by atoms with E-state index in [0.29, 0.717) is 12.1 Å². The average molecular weight is 346 g/mol. The summed E-state index contributed by atoms with van der Waals surface area (Å²) in [7, 11) is 0. The van der Waals surface area contributed by atoms with Crippen molar-refractivity contribution in [3.05, 3.63) is 53.9 Å². The van der Waals surface area contributed by atoms with E-state index in [1.165, 1.54) is 27.8 Å². The molecule has 3 aliphatic heterocycles. The Bertz CT molecular complexity index is 964. The number of aromatic nitrogens is 2. The number of morpholine rings is 1. The van der Waals surface area contributed by atoms with Gasteiger partial charge in [0.1, 0.15) is 5.82 Å². The molecule has 3 aliphatic rings. The van der Waals surface area contributed by atoms with Gasteiger partial charge in [-0.05, 0) is 36.6 Å². The van der Waals surface area contributed by atoms with E-state index in [1.807, 2.05) is 6.20 Å². The normalized spacial score (nSPS) is 24.5. The maximum atomic E-state index is 5.70. The van der Waals surface area contributed by atoms with Crippen LogP contribution in [-0.2, 0) is 17.7 Å². The summed E-state index contributed by atoms with van der Waals surface area (Å²) in [5.41, 5.74) is 5.28. The zero-order valence-electron chi connectivity index (χ0n) is 14.7. The Morgan fingerprint density at radius 2 is 2.12 bits per heavy atom. The number of pyridine rings is 1. The van der Waals surface area contributed by atoms with Gasteiger partial charge in [-0.1, -0.05) is 18.2 Å². The fourth-order valence-corrected chi connectivity index (χ4v) is 4.83. The molecule has 132 valence electrons. The topological polar surface area (TPSA) is 44.4 Å². The lowest BCUT2D eigenvalue weighted by Gasteiger charge is -2.30. The van der Waals surface area contributed by atoms with Gasteiger partial charge in [-0.2, -0.15) is 0 Å². The van der Waals surface area contributed by atoms with Gasteiger partial charge in [0.25, 0.3) is 0 Å². The van der Waals surface area contributed by atoms with Gasteiger partial charge in [0.05, 0.1) is 37.2 Å². The highest BCUT2D eigenvalue weighted by atomic mass is 16.5. The maximum Gasteiger partial charge on any atom is 0.129 e. The quantitative estimate of drug-likeness (QED) is 0.774. The molecule has 2 bridgehead atoms. The zero-order chi connectivity index (χ0) is 17.1. The van der Waals surface area contributed by atoms with Crippen molar-refractivity contribution in [1.82, 2.24) is 9.97 Å². The molecule has 0 spiro atoms. The number of aromatic amines is 1. The van der Waals surface area contributed by atoms with Crippen LogP contribution in [0.1, 0.15) is 17.7 Å². The lowest BCUT2D eigenvalue weighted by Crippen LogP contribution is -2.37. The number of nitrogens with zero attached hydrogens (tertiary/aromatic N) is 3. The van der Waals surface area contributed by atoms with Crippen LogP contribution in [0.4, 0.5) is 11.5 Å². The highest BCUT2D eigenvalue weighted by molar-refractivity contribution is 5.85. The molecule has 1 N–H and O–H groups in total. The number of nitrogens with one attached hydrogen (secondary N) is 1. The van der Waals surface area contributed by atoms with Crippen molar-refractivity contribution in [3.8, 4) is 0 Å². The van der Waals surface area contributed by atoms with E-state index in [0.717, 1.165) is 44.9 Å². The van der Waals surface area contributed by atoms with Crippen molar-refractivity contribution in [2.24, 2.45) is 0 Å². The molecule has 5 nitrogen and oxygen atoms in total. The SMILES string of the molecule is c1ccc2c3c([nH]c2c1)CN(c1ccc(N2C[C@H]4C[C@@H]2CO4)nc1)CC3. The number of ether oxygens (including phenoxy) is 1. The number of hydrogen-bond donors (Lipinski definition) is 1. The highest BCUT2D eigenvalue weighted by Crippen LogP contribution is 2.33. The second-order valence-corrected chi connectivity index (χ2v) is 7.67. The summed E-state index contributed by atoms with van der Waals surface area (Å²) in [6, 6.07) is 13.5. The number of fused-ring (bicyclic) bond motifs is 5. The lowest BCUT2D eigenvalue weighted by atomic mass is 10.0. The Morgan fingerprint density at radius 1 is 1.15 bits per heavy atom. The highest BCUT2D eigenvalue weighted by Gasteiger charge is 2.39. The Kier molecular flexibility index (Phi) is 3.08. The summed E-state index contributed by atoms with van der Waals surface area (Å²) in [5, 5.41) is 1.38. The third-order valence-electron chi connectivity index (χ3n) is 6.17. The van der Waals surface area contributed by atoms with Gasteiger partial charge in [-0.25, -0.2) is 4.98 Å². The molecule has 2 saturated heterocycles. The van der Waals surface area contributed by atoms with Gasteiger partial charge in [0.2, 0.25) is 0 Å². The third-order valence-corrected chi connectivity index (χ3v) is 6.17. The Hall–Kier alpha value is -2.53. The molecule has 0 amide bonds. The number of hydrogen-bond acceptors (Lipinski definition) is 4. The van der Waals surface area contributed by atoms with E-state index >= 15 is 0 Å². The van der Waals surface area contributed by atoms with Crippen LogP contribution in [-0.4, -0.2) is 41.8 Å². The van der Waals surface area contributed by atoms with E-state index in [4.69, 9.17) is 9.72 Å². The minimum Gasteiger partial charge on any atom is -0.374 e. The molecule has 2 fully saturated rings. The minimum absolute atomic E-state index is 0.406. The smallest absolute Gasteiger partial charge is 0.129 e. The number of benzene rings is 1. The number of H-pyrrole nitrogens is 1. The summed E-state index contributed by atoms with van der Waals surface area (Å²) >= 11 is 0.